The summed E-state index contributed by atoms with van der Waals surface area (Å²) in [6.07, 6.45) is 0.873. The molecular weight excluding hydrogens is 396 g/mol. The molecular formula is C22H29N6O3+. The maximum atomic E-state index is 13.0. The second-order valence-corrected chi connectivity index (χ2v) is 9.09. The van der Waals surface area contributed by atoms with Crippen LogP contribution in [-0.2, 0) is 4.74 Å². The molecule has 164 valence electrons. The molecule has 0 aliphatic carbocycles. The lowest BCUT2D eigenvalue weighted by Crippen LogP contribution is -2.50. The maximum Gasteiger partial charge on any atom is 0.522 e. The van der Waals surface area contributed by atoms with E-state index in [2.05, 4.69) is 21.5 Å². The Bertz CT molecular complexity index is 1150. The van der Waals surface area contributed by atoms with Gasteiger partial charge in [-0.1, -0.05) is 6.07 Å². The number of primary amides is 1. The lowest BCUT2D eigenvalue weighted by molar-refractivity contribution is 0.0341. The molecule has 0 aliphatic heterocycles. The molecule has 1 aromatic carbocycles. The molecule has 3 rings (SSSR count). The van der Waals surface area contributed by atoms with E-state index < -0.39 is 17.6 Å². The molecule has 0 atom stereocenters. The van der Waals surface area contributed by atoms with Gasteiger partial charge < -0.3 is 15.8 Å². The topological polar surface area (TPSA) is 112 Å². The number of rotatable bonds is 4. The van der Waals surface area contributed by atoms with Gasteiger partial charge in [0.1, 0.15) is 17.0 Å². The van der Waals surface area contributed by atoms with Crippen LogP contribution in [0, 0.1) is 13.8 Å². The van der Waals surface area contributed by atoms with Crippen molar-refractivity contribution in [3.05, 3.63) is 47.2 Å². The van der Waals surface area contributed by atoms with Crippen LogP contribution in [-0.4, -0.2) is 46.3 Å². The minimum absolute atomic E-state index is 0.162. The summed E-state index contributed by atoms with van der Waals surface area (Å²) in [5, 5.41) is 7.53. The highest BCUT2D eigenvalue weighted by atomic mass is 16.6. The van der Waals surface area contributed by atoms with Crippen LogP contribution >= 0.6 is 0 Å². The van der Waals surface area contributed by atoms with Crippen LogP contribution in [0.3, 0.4) is 0 Å². The molecule has 9 heteroatoms. The van der Waals surface area contributed by atoms with Crippen molar-refractivity contribution in [3.63, 3.8) is 0 Å². The summed E-state index contributed by atoms with van der Waals surface area (Å²) in [6, 6.07) is 7.75. The van der Waals surface area contributed by atoms with E-state index >= 15 is 0 Å². The zero-order valence-corrected chi connectivity index (χ0v) is 19.0. The number of aromatic nitrogens is 3. The molecule has 0 aliphatic rings. The Labute approximate surface area is 181 Å². The third-order valence-electron chi connectivity index (χ3n) is 4.64. The molecule has 0 saturated carbocycles. The van der Waals surface area contributed by atoms with Crippen molar-refractivity contribution in [1.29, 1.82) is 0 Å². The van der Waals surface area contributed by atoms with Gasteiger partial charge in [-0.3, -0.25) is 4.79 Å². The summed E-state index contributed by atoms with van der Waals surface area (Å²) in [5.41, 5.74) is 8.29. The van der Waals surface area contributed by atoms with Gasteiger partial charge >= 0.3 is 6.09 Å². The molecule has 2 heterocycles. The Hall–Kier alpha value is -3.46. The predicted octanol–water partition coefficient (Wildman–Crippen LogP) is 3.69. The van der Waals surface area contributed by atoms with E-state index in [1.807, 2.05) is 26.0 Å². The fourth-order valence-corrected chi connectivity index (χ4v) is 3.25. The summed E-state index contributed by atoms with van der Waals surface area (Å²) < 4.78 is 6.77. The van der Waals surface area contributed by atoms with Crippen molar-refractivity contribution in [2.24, 2.45) is 5.73 Å². The first-order valence-electron chi connectivity index (χ1n) is 9.90. The number of aryl methyl sites for hydroxylation is 2. The van der Waals surface area contributed by atoms with Crippen molar-refractivity contribution in [1.82, 2.24) is 19.1 Å². The minimum Gasteiger partial charge on any atom is -0.414 e. The lowest BCUT2D eigenvalue weighted by atomic mass is 10.1. The van der Waals surface area contributed by atoms with Crippen molar-refractivity contribution >= 4 is 35.0 Å². The van der Waals surface area contributed by atoms with Gasteiger partial charge in [0.2, 0.25) is 5.82 Å². The number of carbonyl (C=O) groups is 2. The zero-order chi connectivity index (χ0) is 23.1. The van der Waals surface area contributed by atoms with Gasteiger partial charge in [-0.25, -0.2) is 4.98 Å². The average molecular weight is 426 g/mol. The van der Waals surface area contributed by atoms with Crippen LogP contribution in [0.4, 0.5) is 22.1 Å². The highest BCUT2D eigenvalue weighted by molar-refractivity contribution is 5.99. The van der Waals surface area contributed by atoms with E-state index in [-0.39, 0.29) is 15.7 Å². The quantitative estimate of drug-likeness (QED) is 0.617. The van der Waals surface area contributed by atoms with Gasteiger partial charge in [-0.05, 0) is 57.9 Å². The van der Waals surface area contributed by atoms with E-state index in [9.17, 15) is 9.59 Å². The molecule has 3 N–H and O–H groups in total. The fourth-order valence-electron chi connectivity index (χ4n) is 3.25. The van der Waals surface area contributed by atoms with Crippen molar-refractivity contribution in [3.8, 4) is 0 Å². The minimum atomic E-state index is -0.665. The number of nitrogens with one attached hydrogen (secondary N) is 1. The molecule has 31 heavy (non-hydrogen) atoms. The van der Waals surface area contributed by atoms with Crippen molar-refractivity contribution in [2.75, 3.05) is 19.4 Å². The van der Waals surface area contributed by atoms with Gasteiger partial charge in [0.05, 0.1) is 26.4 Å². The Morgan fingerprint density at radius 2 is 1.71 bits per heavy atom. The number of hydrogen-bond acceptors (Lipinski definition) is 6. The lowest BCUT2D eigenvalue weighted by Gasteiger charge is -2.29. The van der Waals surface area contributed by atoms with Crippen molar-refractivity contribution in [2.45, 2.75) is 40.2 Å². The van der Waals surface area contributed by atoms with Gasteiger partial charge in [0.15, 0.2) is 5.65 Å². The van der Waals surface area contributed by atoms with Crippen LogP contribution in [0.2, 0.25) is 0 Å². The third kappa shape index (κ3) is 4.66. The second-order valence-electron chi connectivity index (χ2n) is 9.09. The highest BCUT2D eigenvalue weighted by Crippen LogP contribution is 2.29. The van der Waals surface area contributed by atoms with E-state index in [1.54, 1.807) is 40.9 Å². The molecule has 2 aromatic heterocycles. The second kappa shape index (κ2) is 7.66. The molecule has 3 aromatic rings. The van der Waals surface area contributed by atoms with E-state index in [4.69, 9.17) is 10.5 Å². The molecule has 0 radical (unpaired) electrons. The largest absolute Gasteiger partial charge is 0.522 e. The Morgan fingerprint density at radius 1 is 1.10 bits per heavy atom. The molecule has 0 fully saturated rings. The highest BCUT2D eigenvalue weighted by Gasteiger charge is 2.38. The van der Waals surface area contributed by atoms with Gasteiger partial charge in [-0.2, -0.15) is 18.9 Å². The number of ether oxygens (including phenoxy) is 1. The number of fused-ring (bicyclic) bond motifs is 1. The van der Waals surface area contributed by atoms with Crippen LogP contribution < -0.4 is 15.5 Å². The number of quaternary nitrogens is 1. The number of benzene rings is 1. The van der Waals surface area contributed by atoms with Crippen LogP contribution in [0.25, 0.3) is 5.65 Å². The molecule has 0 unspecified atom stereocenters. The number of nitrogens with two attached hydrogens (primary N) is 1. The normalized spacial score (nSPS) is 12.1. The monoisotopic (exact) mass is 425 g/mol. The summed E-state index contributed by atoms with van der Waals surface area (Å²) in [5.74, 6) is 0.253. The van der Waals surface area contributed by atoms with E-state index in [1.165, 1.54) is 10.7 Å². The fraction of sp³-hybridized carbons (Fsp3) is 0.364. The first-order valence-corrected chi connectivity index (χ1v) is 9.90. The Kier molecular flexibility index (Phi) is 5.49. The van der Waals surface area contributed by atoms with E-state index in [0.29, 0.717) is 11.6 Å². The van der Waals surface area contributed by atoms with Gasteiger partial charge in [0, 0.05) is 5.69 Å². The van der Waals surface area contributed by atoms with Gasteiger partial charge in [-0.15, -0.1) is 0 Å². The molecule has 0 saturated heterocycles. The third-order valence-corrected chi connectivity index (χ3v) is 4.64. The molecule has 0 bridgehead atoms. The SMILES string of the molecule is Cc1cc(C)cc(Nc2cc([N+](C)(C)C(=O)OC(C)(C)C)n3ncc(C(N)=O)c3n2)c1. The van der Waals surface area contributed by atoms with Crippen LogP contribution in [0.15, 0.2) is 30.5 Å². The standard InChI is InChI=1S/C22H28N6O3/c1-13-8-14(2)10-15(9-13)25-17-11-18(28(6,7)21(30)31-22(3,4)5)27-20(26-17)16(12-24-27)19(23)29/h8-12H,1-7H3,(H2-,23,24,25,26,29)/p+1. The average Bonchev–Trinajstić information content (AvgIpc) is 3.02. The first-order chi connectivity index (χ1) is 14.3. The van der Waals surface area contributed by atoms with Crippen LogP contribution in [0.1, 0.15) is 42.3 Å². The number of anilines is 2. The summed E-state index contributed by atoms with van der Waals surface area (Å²) in [7, 11) is 3.38. The Morgan fingerprint density at radius 3 is 2.26 bits per heavy atom. The molecule has 0 spiro atoms. The van der Waals surface area contributed by atoms with Crippen LogP contribution in [0.5, 0.6) is 0 Å². The van der Waals surface area contributed by atoms with E-state index in [0.717, 1.165) is 16.8 Å². The summed E-state index contributed by atoms with van der Waals surface area (Å²) in [6.45, 7) is 9.42. The first kappa shape index (κ1) is 22.2. The maximum absolute atomic E-state index is 13.0. The zero-order valence-electron chi connectivity index (χ0n) is 19.0. The van der Waals surface area contributed by atoms with Gasteiger partial charge in [0.25, 0.3) is 5.91 Å². The molecule has 2 amide bonds. The summed E-state index contributed by atoms with van der Waals surface area (Å²) in [4.78, 5) is 29.5. The number of hydrogen-bond donors (Lipinski definition) is 2. The Balaban J connectivity index is 2.18. The number of nitrogens with zero attached hydrogens (tertiary/aromatic N) is 4. The smallest absolute Gasteiger partial charge is 0.414 e. The number of carbonyl (C=O) groups excluding carboxylic acids is 2. The summed E-state index contributed by atoms with van der Waals surface area (Å²) >= 11 is 0. The molecule has 9 nitrogen and oxygen atoms in total. The predicted molar refractivity (Wildman–Crippen MR) is 121 cm³/mol. The van der Waals surface area contributed by atoms with Crippen molar-refractivity contribution < 1.29 is 14.3 Å². The number of amides is 2.